The molecule has 0 aromatic heterocycles. The number of allylic oxidation sites excluding steroid dienone is 1. The largest absolute Gasteiger partial charge is 0.315 e. The van der Waals surface area contributed by atoms with Crippen LogP contribution >= 0.6 is 0 Å². The molecule has 1 spiro atoms. The van der Waals surface area contributed by atoms with Crippen molar-refractivity contribution in [1.82, 2.24) is 4.90 Å². The summed E-state index contributed by atoms with van der Waals surface area (Å²) in [4.78, 5) is 40.9. The summed E-state index contributed by atoms with van der Waals surface area (Å²) < 4.78 is 0. The molecule has 0 atom stereocenters. The van der Waals surface area contributed by atoms with Gasteiger partial charge in [0.05, 0.1) is 0 Å². The highest BCUT2D eigenvalue weighted by atomic mass is 16.2. The topological polar surface area (TPSA) is 54.5 Å². The highest BCUT2D eigenvalue weighted by Gasteiger charge is 2.46. The van der Waals surface area contributed by atoms with Gasteiger partial charge in [-0.05, 0) is 68.1 Å². The lowest BCUT2D eigenvalue weighted by Crippen LogP contribution is -2.43. The molecule has 2 aromatic rings. The molecule has 2 aliphatic rings. The molecule has 32 heavy (non-hydrogen) atoms. The summed E-state index contributed by atoms with van der Waals surface area (Å²) in [6.45, 7) is 6.18. The third kappa shape index (κ3) is 4.03. The standard InChI is InChI=1S/C28H27NO3/c1-4-8-21-15-19(2)25(20(3)16-21)26-23(30)17-28(18-24(26)31)11-13-29(14-12-28)27(32)22-9-6-5-7-10-22/h5-7,9-11,13,15-16,26H,12,14,17-18H2,1-3H3. The molecule has 1 aliphatic carbocycles. The van der Waals surface area contributed by atoms with Gasteiger partial charge >= 0.3 is 0 Å². The predicted molar refractivity (Wildman–Crippen MR) is 124 cm³/mol. The van der Waals surface area contributed by atoms with Crippen molar-refractivity contribution < 1.29 is 14.4 Å². The summed E-state index contributed by atoms with van der Waals surface area (Å²) >= 11 is 0. The van der Waals surface area contributed by atoms with E-state index in [-0.39, 0.29) is 17.5 Å². The number of carbonyl (C=O) groups is 3. The average Bonchev–Trinajstić information content (AvgIpc) is 2.76. The number of Topliss-reactive ketones (excluding diaryl/α,β-unsaturated/α-hetero) is 2. The lowest BCUT2D eigenvalue weighted by atomic mass is 9.64. The molecule has 1 fully saturated rings. The molecule has 1 aliphatic heterocycles. The zero-order valence-electron chi connectivity index (χ0n) is 18.8. The number of carbonyl (C=O) groups excluding carboxylic acids is 3. The Morgan fingerprint density at radius 2 is 1.66 bits per heavy atom. The molecule has 0 bridgehead atoms. The molecule has 0 unspecified atom stereocenters. The van der Waals surface area contributed by atoms with Gasteiger partial charge in [-0.1, -0.05) is 30.2 Å². The summed E-state index contributed by atoms with van der Waals surface area (Å²) in [7, 11) is 0. The second kappa shape index (κ2) is 8.59. The van der Waals surface area contributed by atoms with Gasteiger partial charge < -0.3 is 4.90 Å². The minimum Gasteiger partial charge on any atom is -0.315 e. The van der Waals surface area contributed by atoms with Crippen LogP contribution in [-0.4, -0.2) is 28.9 Å². The van der Waals surface area contributed by atoms with E-state index in [1.807, 2.05) is 50.3 Å². The fourth-order valence-corrected chi connectivity index (χ4v) is 5.07. The molecule has 4 nitrogen and oxygen atoms in total. The molecule has 1 amide bonds. The Balaban J connectivity index is 1.55. The first-order valence-corrected chi connectivity index (χ1v) is 11.0. The first-order valence-electron chi connectivity index (χ1n) is 11.0. The van der Waals surface area contributed by atoms with Crippen LogP contribution in [-0.2, 0) is 9.59 Å². The first kappa shape index (κ1) is 21.8. The number of benzene rings is 2. The molecule has 2 aromatic carbocycles. The second-order valence-electron chi connectivity index (χ2n) is 8.91. The summed E-state index contributed by atoms with van der Waals surface area (Å²) in [6.07, 6.45) is 4.91. The van der Waals surface area contributed by atoms with Crippen molar-refractivity contribution in [2.45, 2.75) is 46.0 Å². The average molecular weight is 426 g/mol. The molecule has 0 saturated heterocycles. The highest BCUT2D eigenvalue weighted by Crippen LogP contribution is 2.45. The number of hydrogen-bond acceptors (Lipinski definition) is 3. The van der Waals surface area contributed by atoms with Gasteiger partial charge in [0.1, 0.15) is 17.5 Å². The minimum absolute atomic E-state index is 0.0331. The van der Waals surface area contributed by atoms with Crippen LogP contribution < -0.4 is 0 Å². The van der Waals surface area contributed by atoms with Crippen LogP contribution in [0.4, 0.5) is 0 Å². The smallest absolute Gasteiger partial charge is 0.257 e. The van der Waals surface area contributed by atoms with E-state index in [9.17, 15) is 14.4 Å². The van der Waals surface area contributed by atoms with E-state index in [2.05, 4.69) is 11.8 Å². The lowest BCUT2D eigenvalue weighted by molar-refractivity contribution is -0.135. The fraction of sp³-hybridized carbons (Fsp3) is 0.321. The maximum Gasteiger partial charge on any atom is 0.257 e. The predicted octanol–water partition coefficient (Wildman–Crippen LogP) is 4.74. The van der Waals surface area contributed by atoms with Crippen LogP contribution in [0.15, 0.2) is 54.7 Å². The van der Waals surface area contributed by atoms with Crippen LogP contribution in [0.3, 0.4) is 0 Å². The molecular weight excluding hydrogens is 398 g/mol. The Hall–Kier alpha value is -3.45. The number of nitrogens with zero attached hydrogens (tertiary/aromatic N) is 1. The molecule has 0 radical (unpaired) electrons. The van der Waals surface area contributed by atoms with Crippen LogP contribution in [0, 0.1) is 31.1 Å². The molecule has 0 N–H and O–H groups in total. The van der Waals surface area contributed by atoms with E-state index in [0.717, 1.165) is 22.3 Å². The summed E-state index contributed by atoms with van der Waals surface area (Å²) in [5.41, 5.74) is 3.74. The normalized spacial score (nSPS) is 22.6. The number of hydrogen-bond donors (Lipinski definition) is 0. The molecule has 162 valence electrons. The monoisotopic (exact) mass is 425 g/mol. The first-order chi connectivity index (χ1) is 15.3. The van der Waals surface area contributed by atoms with Gasteiger partial charge in [-0.3, -0.25) is 14.4 Å². The van der Waals surface area contributed by atoms with Crippen molar-refractivity contribution in [2.24, 2.45) is 5.41 Å². The van der Waals surface area contributed by atoms with Gasteiger partial charge in [-0.25, -0.2) is 0 Å². The van der Waals surface area contributed by atoms with Crippen molar-refractivity contribution in [1.29, 1.82) is 0 Å². The Labute approximate surface area is 189 Å². The third-order valence-electron chi connectivity index (χ3n) is 6.59. The molecule has 4 heteroatoms. The molecule has 4 rings (SSSR count). The lowest BCUT2D eigenvalue weighted by Gasteiger charge is -2.40. The Morgan fingerprint density at radius 1 is 1.03 bits per heavy atom. The Bertz CT molecular complexity index is 1140. The third-order valence-corrected chi connectivity index (χ3v) is 6.59. The Morgan fingerprint density at radius 3 is 2.19 bits per heavy atom. The van der Waals surface area contributed by atoms with E-state index in [4.69, 9.17) is 0 Å². The number of amides is 1. The van der Waals surface area contributed by atoms with E-state index >= 15 is 0 Å². The zero-order valence-corrected chi connectivity index (χ0v) is 18.8. The van der Waals surface area contributed by atoms with Crippen LogP contribution in [0.2, 0.25) is 0 Å². The van der Waals surface area contributed by atoms with Crippen molar-refractivity contribution in [2.75, 3.05) is 6.54 Å². The van der Waals surface area contributed by atoms with E-state index in [1.165, 1.54) is 0 Å². The van der Waals surface area contributed by atoms with Crippen LogP contribution in [0.1, 0.15) is 64.7 Å². The van der Waals surface area contributed by atoms with Gasteiger partial charge in [0.15, 0.2) is 0 Å². The number of aryl methyl sites for hydroxylation is 2. The van der Waals surface area contributed by atoms with Crippen molar-refractivity contribution in [3.63, 3.8) is 0 Å². The van der Waals surface area contributed by atoms with Crippen LogP contribution in [0.5, 0.6) is 0 Å². The van der Waals surface area contributed by atoms with Gasteiger partial charge in [-0.15, -0.1) is 5.92 Å². The van der Waals surface area contributed by atoms with E-state index in [0.29, 0.717) is 31.4 Å². The van der Waals surface area contributed by atoms with Crippen molar-refractivity contribution in [3.8, 4) is 11.8 Å². The number of ketones is 2. The zero-order chi connectivity index (χ0) is 22.9. The maximum atomic E-state index is 13.3. The fourth-order valence-electron chi connectivity index (χ4n) is 5.07. The van der Waals surface area contributed by atoms with E-state index < -0.39 is 11.3 Å². The van der Waals surface area contributed by atoms with Gasteiger partial charge in [-0.2, -0.15) is 0 Å². The van der Waals surface area contributed by atoms with Gasteiger partial charge in [0.25, 0.3) is 5.91 Å². The highest BCUT2D eigenvalue weighted by molar-refractivity contribution is 6.11. The summed E-state index contributed by atoms with van der Waals surface area (Å²) in [6, 6.07) is 13.1. The summed E-state index contributed by atoms with van der Waals surface area (Å²) in [5.74, 6) is 5.11. The van der Waals surface area contributed by atoms with Crippen LogP contribution in [0.25, 0.3) is 0 Å². The van der Waals surface area contributed by atoms with Gasteiger partial charge in [0, 0.05) is 42.1 Å². The maximum absolute atomic E-state index is 13.3. The SMILES string of the molecule is CC#Cc1cc(C)c(C2C(=O)CC3(C=CN(C(=O)c4ccccc4)CC3)CC2=O)c(C)c1. The van der Waals surface area contributed by atoms with Gasteiger partial charge in [0.2, 0.25) is 0 Å². The quantitative estimate of drug-likeness (QED) is 0.516. The molecular formula is C28H27NO3. The second-order valence-corrected chi connectivity index (χ2v) is 8.91. The molecule has 1 heterocycles. The summed E-state index contributed by atoms with van der Waals surface area (Å²) in [5, 5.41) is 0. The van der Waals surface area contributed by atoms with E-state index in [1.54, 1.807) is 30.2 Å². The van der Waals surface area contributed by atoms with Crippen molar-refractivity contribution in [3.05, 3.63) is 82.6 Å². The van der Waals surface area contributed by atoms with Crippen molar-refractivity contribution >= 4 is 17.5 Å². The number of rotatable bonds is 2. The minimum atomic E-state index is -0.707. The molecule has 1 saturated carbocycles. The Kier molecular flexibility index (Phi) is 5.84.